The summed E-state index contributed by atoms with van der Waals surface area (Å²) in [5.41, 5.74) is 3.41. The molecule has 1 aliphatic rings. The molecule has 0 bridgehead atoms. The number of hydrogen-bond donors (Lipinski definition) is 0. The van der Waals surface area contributed by atoms with Gasteiger partial charge in [-0.25, -0.2) is 0 Å². The summed E-state index contributed by atoms with van der Waals surface area (Å²) in [4.78, 5) is 2.27. The Bertz CT molecular complexity index is 1020. The molecule has 0 fully saturated rings. The van der Waals surface area contributed by atoms with Crippen LogP contribution in [0.3, 0.4) is 0 Å². The third-order valence-electron chi connectivity index (χ3n) is 4.62. The molecule has 4 nitrogen and oxygen atoms in total. The second kappa shape index (κ2) is 6.71. The topological polar surface area (TPSA) is 60.0 Å². The van der Waals surface area contributed by atoms with Crippen LogP contribution in [0.25, 0.3) is 11.1 Å². The van der Waals surface area contributed by atoms with E-state index < -0.39 is 0 Å². The first kappa shape index (κ1) is 16.6. The lowest BCUT2D eigenvalue weighted by Gasteiger charge is -2.24. The summed E-state index contributed by atoms with van der Waals surface area (Å²) >= 11 is 0. The SMILES string of the molecule is CCN(CC)c1ccc2c(c1)Oc1cc(=C(C#N)C#N)ccc1=C2C. The van der Waals surface area contributed by atoms with Crippen LogP contribution in [0.1, 0.15) is 26.3 Å². The Morgan fingerprint density at radius 2 is 1.72 bits per heavy atom. The van der Waals surface area contributed by atoms with Crippen LogP contribution < -0.4 is 20.1 Å². The fourth-order valence-electron chi connectivity index (χ4n) is 3.18. The molecular weight excluding hydrogens is 310 g/mol. The van der Waals surface area contributed by atoms with Crippen LogP contribution in [0.2, 0.25) is 0 Å². The van der Waals surface area contributed by atoms with Gasteiger partial charge in [0.1, 0.15) is 29.2 Å². The quantitative estimate of drug-likeness (QED) is 0.868. The maximum Gasteiger partial charge on any atom is 0.137 e. The molecule has 124 valence electrons. The Morgan fingerprint density at radius 3 is 2.36 bits per heavy atom. The number of anilines is 1. The molecule has 0 spiro atoms. The predicted octanol–water partition coefficient (Wildman–Crippen LogP) is 3.06. The van der Waals surface area contributed by atoms with Gasteiger partial charge in [0.15, 0.2) is 0 Å². The average molecular weight is 329 g/mol. The van der Waals surface area contributed by atoms with E-state index >= 15 is 0 Å². The lowest BCUT2D eigenvalue weighted by molar-refractivity contribution is 0.471. The smallest absolute Gasteiger partial charge is 0.137 e. The summed E-state index contributed by atoms with van der Waals surface area (Å²) in [5.74, 6) is 1.49. The molecule has 25 heavy (non-hydrogen) atoms. The lowest BCUT2D eigenvalue weighted by atomic mass is 9.99. The molecule has 0 radical (unpaired) electrons. The number of nitriles is 2. The normalized spacial score (nSPS) is 11.5. The van der Waals surface area contributed by atoms with Gasteiger partial charge in [-0.15, -0.1) is 0 Å². The number of hydrogen-bond acceptors (Lipinski definition) is 4. The van der Waals surface area contributed by atoms with Crippen LogP contribution >= 0.6 is 0 Å². The molecule has 3 rings (SSSR count). The number of rotatable bonds is 3. The summed E-state index contributed by atoms with van der Waals surface area (Å²) in [5, 5.41) is 19.7. The molecule has 0 N–H and O–H groups in total. The highest BCUT2D eigenvalue weighted by Crippen LogP contribution is 2.35. The van der Waals surface area contributed by atoms with Gasteiger partial charge in [-0.1, -0.05) is 12.1 Å². The van der Waals surface area contributed by atoms with Crippen molar-refractivity contribution in [3.8, 4) is 23.6 Å². The highest BCUT2D eigenvalue weighted by atomic mass is 16.5. The Kier molecular flexibility index (Phi) is 4.46. The second-order valence-corrected chi connectivity index (χ2v) is 5.89. The fraction of sp³-hybridized carbons (Fsp3) is 0.238. The fourth-order valence-corrected chi connectivity index (χ4v) is 3.18. The van der Waals surface area contributed by atoms with E-state index in [9.17, 15) is 0 Å². The van der Waals surface area contributed by atoms with Crippen molar-refractivity contribution in [2.24, 2.45) is 0 Å². The van der Waals surface area contributed by atoms with Gasteiger partial charge in [-0.2, -0.15) is 10.5 Å². The third kappa shape index (κ3) is 2.84. The first-order chi connectivity index (χ1) is 12.1. The molecule has 0 unspecified atom stereocenters. The van der Waals surface area contributed by atoms with Crippen molar-refractivity contribution in [3.63, 3.8) is 0 Å². The van der Waals surface area contributed by atoms with Gasteiger partial charge in [0.2, 0.25) is 0 Å². The van der Waals surface area contributed by atoms with E-state index in [4.69, 9.17) is 15.3 Å². The van der Waals surface area contributed by atoms with Crippen molar-refractivity contribution in [3.05, 3.63) is 52.4 Å². The standard InChI is InChI=1S/C21H19N3O/c1-4-24(5-2)17-7-9-19-14(3)18-8-6-15(16(12-22)13-23)10-20(18)25-21(19)11-17/h6-11H,4-5H2,1-3H3. The summed E-state index contributed by atoms with van der Waals surface area (Å²) in [7, 11) is 0. The highest BCUT2D eigenvalue weighted by Gasteiger charge is 2.17. The lowest BCUT2D eigenvalue weighted by Crippen LogP contribution is -2.23. The maximum atomic E-state index is 9.08. The molecule has 0 amide bonds. The third-order valence-corrected chi connectivity index (χ3v) is 4.62. The van der Waals surface area contributed by atoms with E-state index in [-0.39, 0.29) is 5.57 Å². The summed E-state index contributed by atoms with van der Waals surface area (Å²) in [6, 6.07) is 15.6. The Labute approximate surface area is 147 Å². The number of ether oxygens (including phenoxy) is 1. The molecule has 4 heteroatoms. The largest absolute Gasteiger partial charge is 0.456 e. The van der Waals surface area contributed by atoms with Crippen LogP contribution in [0.4, 0.5) is 5.69 Å². The zero-order valence-electron chi connectivity index (χ0n) is 14.6. The highest BCUT2D eigenvalue weighted by molar-refractivity contribution is 5.77. The molecule has 0 saturated carbocycles. The Balaban J connectivity index is 2.19. The van der Waals surface area contributed by atoms with Gasteiger partial charge < -0.3 is 9.64 Å². The minimum Gasteiger partial charge on any atom is -0.456 e. The van der Waals surface area contributed by atoms with Gasteiger partial charge in [0, 0.05) is 40.8 Å². The van der Waals surface area contributed by atoms with Gasteiger partial charge in [0.05, 0.1) is 0 Å². The monoisotopic (exact) mass is 329 g/mol. The molecule has 1 heterocycles. The van der Waals surface area contributed by atoms with Crippen LogP contribution in [-0.2, 0) is 0 Å². The minimum atomic E-state index is 0.0896. The van der Waals surface area contributed by atoms with Crippen LogP contribution in [0.5, 0.6) is 11.5 Å². The minimum absolute atomic E-state index is 0.0896. The van der Waals surface area contributed by atoms with E-state index in [1.807, 2.05) is 18.2 Å². The molecule has 0 saturated heterocycles. The molecule has 0 atom stereocenters. The molecule has 2 aromatic rings. The van der Waals surface area contributed by atoms with Crippen molar-refractivity contribution >= 4 is 16.8 Å². The zero-order valence-corrected chi connectivity index (χ0v) is 14.6. The first-order valence-corrected chi connectivity index (χ1v) is 8.35. The number of fused-ring (bicyclic) bond motifs is 2. The molecule has 1 aliphatic heterocycles. The summed E-state index contributed by atoms with van der Waals surface area (Å²) in [6.07, 6.45) is 0. The maximum absolute atomic E-state index is 9.08. The zero-order chi connectivity index (χ0) is 18.0. The summed E-state index contributed by atoms with van der Waals surface area (Å²) < 4.78 is 6.13. The average Bonchev–Trinajstić information content (AvgIpc) is 2.63. The van der Waals surface area contributed by atoms with Gasteiger partial charge in [-0.05, 0) is 44.5 Å². The van der Waals surface area contributed by atoms with Crippen LogP contribution in [0, 0.1) is 22.7 Å². The Hall–Kier alpha value is -3.24. The van der Waals surface area contributed by atoms with Crippen molar-refractivity contribution in [2.45, 2.75) is 20.8 Å². The molecule has 0 aromatic heterocycles. The van der Waals surface area contributed by atoms with E-state index in [2.05, 4.69) is 43.9 Å². The van der Waals surface area contributed by atoms with Crippen LogP contribution in [0.15, 0.2) is 36.4 Å². The summed E-state index contributed by atoms with van der Waals surface area (Å²) in [6.45, 7) is 8.19. The molecular formula is C21H19N3O. The van der Waals surface area contributed by atoms with E-state index in [1.54, 1.807) is 12.1 Å². The molecule has 2 aromatic carbocycles. The Morgan fingerprint density at radius 1 is 1.00 bits per heavy atom. The number of benzene rings is 2. The van der Waals surface area contributed by atoms with Gasteiger partial charge in [-0.3, -0.25) is 0 Å². The van der Waals surface area contributed by atoms with E-state index in [1.165, 1.54) is 0 Å². The van der Waals surface area contributed by atoms with Gasteiger partial charge >= 0.3 is 0 Å². The van der Waals surface area contributed by atoms with E-state index in [0.29, 0.717) is 11.0 Å². The van der Waals surface area contributed by atoms with Crippen molar-refractivity contribution < 1.29 is 4.74 Å². The van der Waals surface area contributed by atoms with Crippen molar-refractivity contribution in [1.82, 2.24) is 0 Å². The first-order valence-electron chi connectivity index (χ1n) is 8.35. The van der Waals surface area contributed by atoms with Crippen LogP contribution in [-0.4, -0.2) is 13.1 Å². The molecule has 0 aliphatic carbocycles. The van der Waals surface area contributed by atoms with Gasteiger partial charge in [0.25, 0.3) is 0 Å². The van der Waals surface area contributed by atoms with Crippen molar-refractivity contribution in [2.75, 3.05) is 18.0 Å². The second-order valence-electron chi connectivity index (χ2n) is 5.89. The van der Waals surface area contributed by atoms with E-state index in [0.717, 1.165) is 40.9 Å². The number of nitrogens with zero attached hydrogens (tertiary/aromatic N) is 3. The predicted molar refractivity (Wildman–Crippen MR) is 98.6 cm³/mol. The van der Waals surface area contributed by atoms with Crippen molar-refractivity contribution in [1.29, 1.82) is 10.5 Å².